The molecule has 4 heteroatoms. The molecule has 1 N–H and O–H groups in total. The summed E-state index contributed by atoms with van der Waals surface area (Å²) in [6.45, 7) is 8.64. The van der Waals surface area contributed by atoms with Crippen LogP contribution in [0.2, 0.25) is 0 Å². The Morgan fingerprint density at radius 2 is 2.35 bits per heavy atom. The van der Waals surface area contributed by atoms with E-state index in [-0.39, 0.29) is 0 Å². The first-order chi connectivity index (χ1) is 8.15. The van der Waals surface area contributed by atoms with Crippen molar-refractivity contribution < 1.29 is 0 Å². The lowest BCUT2D eigenvalue weighted by Crippen LogP contribution is -2.30. The summed E-state index contributed by atoms with van der Waals surface area (Å²) in [5, 5.41) is 8.96. The van der Waals surface area contributed by atoms with Gasteiger partial charge in [0, 0.05) is 29.3 Å². The van der Waals surface area contributed by atoms with Gasteiger partial charge in [0.25, 0.3) is 0 Å². The molecule has 0 aromatic carbocycles. The van der Waals surface area contributed by atoms with E-state index >= 15 is 0 Å². The summed E-state index contributed by atoms with van der Waals surface area (Å²) >= 11 is 2.09. The van der Waals surface area contributed by atoms with E-state index in [2.05, 4.69) is 53.7 Å². The Balaban J connectivity index is 1.65. The van der Waals surface area contributed by atoms with E-state index in [0.29, 0.717) is 0 Å². The largest absolute Gasteiger partial charge is 0.313 e. The average molecular weight is 253 g/mol. The maximum Gasteiger partial charge on any atom is 0.0596 e. The highest BCUT2D eigenvalue weighted by Crippen LogP contribution is 2.25. The molecule has 3 nitrogen and oxygen atoms in total. The van der Waals surface area contributed by atoms with Crippen molar-refractivity contribution in [2.45, 2.75) is 51.4 Å². The zero-order valence-corrected chi connectivity index (χ0v) is 11.9. The predicted molar refractivity (Wildman–Crippen MR) is 74.6 cm³/mol. The summed E-state index contributed by atoms with van der Waals surface area (Å²) in [6.07, 6.45) is 2.49. The smallest absolute Gasteiger partial charge is 0.0596 e. The maximum absolute atomic E-state index is 4.48. The standard InChI is InChI=1S/C13H23N3S/c1-10-7-11(2)16(15-10)6-4-5-14-13-8-12(3)17-9-13/h7,12-14H,4-6,8-9H2,1-3H3. The fraction of sp³-hybridized carbons (Fsp3) is 0.769. The van der Waals surface area contributed by atoms with Crippen LogP contribution in [0.4, 0.5) is 0 Å². The summed E-state index contributed by atoms with van der Waals surface area (Å²) in [6, 6.07) is 2.87. The summed E-state index contributed by atoms with van der Waals surface area (Å²) in [5.74, 6) is 1.28. The van der Waals surface area contributed by atoms with Gasteiger partial charge in [-0.2, -0.15) is 16.9 Å². The molecule has 0 saturated carbocycles. The van der Waals surface area contributed by atoms with Gasteiger partial charge in [-0.25, -0.2) is 0 Å². The molecule has 1 saturated heterocycles. The maximum atomic E-state index is 4.48. The first kappa shape index (κ1) is 13.0. The Morgan fingerprint density at radius 1 is 1.53 bits per heavy atom. The quantitative estimate of drug-likeness (QED) is 0.817. The van der Waals surface area contributed by atoms with Crippen molar-refractivity contribution in [3.05, 3.63) is 17.5 Å². The van der Waals surface area contributed by atoms with E-state index in [4.69, 9.17) is 0 Å². The molecular weight excluding hydrogens is 230 g/mol. The van der Waals surface area contributed by atoms with Crippen LogP contribution in [0.5, 0.6) is 0 Å². The molecule has 17 heavy (non-hydrogen) atoms. The lowest BCUT2D eigenvalue weighted by molar-refractivity contribution is 0.487. The van der Waals surface area contributed by atoms with Crippen LogP contribution in [-0.2, 0) is 6.54 Å². The summed E-state index contributed by atoms with van der Waals surface area (Å²) < 4.78 is 2.11. The summed E-state index contributed by atoms with van der Waals surface area (Å²) in [4.78, 5) is 0. The van der Waals surface area contributed by atoms with Crippen molar-refractivity contribution in [2.75, 3.05) is 12.3 Å². The summed E-state index contributed by atoms with van der Waals surface area (Å²) in [7, 11) is 0. The average Bonchev–Trinajstić information content (AvgIpc) is 2.81. The Morgan fingerprint density at radius 3 is 2.94 bits per heavy atom. The molecule has 2 heterocycles. The molecule has 1 aliphatic heterocycles. The van der Waals surface area contributed by atoms with Gasteiger partial charge in [0.15, 0.2) is 0 Å². The van der Waals surface area contributed by atoms with E-state index in [0.717, 1.165) is 36.5 Å². The van der Waals surface area contributed by atoms with Crippen LogP contribution in [0, 0.1) is 13.8 Å². The third kappa shape index (κ3) is 3.75. The number of nitrogens with zero attached hydrogens (tertiary/aromatic N) is 2. The highest BCUT2D eigenvalue weighted by molar-refractivity contribution is 8.00. The molecule has 0 spiro atoms. The molecule has 2 rings (SSSR count). The second kappa shape index (κ2) is 5.91. The van der Waals surface area contributed by atoms with Gasteiger partial charge in [-0.3, -0.25) is 4.68 Å². The van der Waals surface area contributed by atoms with Gasteiger partial charge in [0.2, 0.25) is 0 Å². The molecule has 0 aliphatic carbocycles. The van der Waals surface area contributed by atoms with Gasteiger partial charge < -0.3 is 5.32 Å². The van der Waals surface area contributed by atoms with Crippen molar-refractivity contribution in [2.24, 2.45) is 0 Å². The molecule has 0 radical (unpaired) electrons. The summed E-state index contributed by atoms with van der Waals surface area (Å²) in [5.41, 5.74) is 2.39. The molecule has 2 atom stereocenters. The molecule has 0 bridgehead atoms. The second-order valence-electron chi connectivity index (χ2n) is 5.03. The van der Waals surface area contributed by atoms with E-state index in [1.165, 1.54) is 17.9 Å². The monoisotopic (exact) mass is 253 g/mol. The number of nitrogens with one attached hydrogen (secondary N) is 1. The molecule has 2 unspecified atom stereocenters. The molecule has 1 aromatic rings. The van der Waals surface area contributed by atoms with Gasteiger partial charge in [-0.15, -0.1) is 0 Å². The number of aromatic nitrogens is 2. The minimum atomic E-state index is 0.732. The zero-order valence-electron chi connectivity index (χ0n) is 11.1. The van der Waals surface area contributed by atoms with Crippen LogP contribution in [0.1, 0.15) is 31.2 Å². The third-order valence-electron chi connectivity index (χ3n) is 3.28. The zero-order chi connectivity index (χ0) is 12.3. The highest BCUT2D eigenvalue weighted by atomic mass is 32.2. The van der Waals surface area contributed by atoms with E-state index < -0.39 is 0 Å². The van der Waals surface area contributed by atoms with E-state index in [1.807, 2.05) is 0 Å². The van der Waals surface area contributed by atoms with Crippen molar-refractivity contribution in [3.63, 3.8) is 0 Å². The van der Waals surface area contributed by atoms with E-state index in [1.54, 1.807) is 0 Å². The molecular formula is C13H23N3S. The molecule has 1 aliphatic rings. The van der Waals surface area contributed by atoms with Crippen LogP contribution in [0.25, 0.3) is 0 Å². The van der Waals surface area contributed by atoms with Crippen LogP contribution in [0.15, 0.2) is 6.07 Å². The fourth-order valence-corrected chi connectivity index (χ4v) is 3.58. The molecule has 1 aromatic heterocycles. The van der Waals surface area contributed by atoms with Gasteiger partial charge in [-0.05, 0) is 39.3 Å². The van der Waals surface area contributed by atoms with Gasteiger partial charge in [-0.1, -0.05) is 6.92 Å². The van der Waals surface area contributed by atoms with Crippen molar-refractivity contribution in [1.82, 2.24) is 15.1 Å². The third-order valence-corrected chi connectivity index (χ3v) is 4.64. The van der Waals surface area contributed by atoms with E-state index in [9.17, 15) is 0 Å². The molecule has 0 amide bonds. The fourth-order valence-electron chi connectivity index (χ4n) is 2.40. The topological polar surface area (TPSA) is 29.9 Å². The normalized spacial score (nSPS) is 24.4. The lowest BCUT2D eigenvalue weighted by atomic mass is 10.2. The molecule has 96 valence electrons. The number of aryl methyl sites for hydroxylation is 3. The number of hydrogen-bond donors (Lipinski definition) is 1. The van der Waals surface area contributed by atoms with Crippen LogP contribution < -0.4 is 5.32 Å². The van der Waals surface area contributed by atoms with Gasteiger partial charge in [0.1, 0.15) is 0 Å². The Hall–Kier alpha value is -0.480. The van der Waals surface area contributed by atoms with Gasteiger partial charge >= 0.3 is 0 Å². The molecule has 1 fully saturated rings. The number of thioether (sulfide) groups is 1. The lowest BCUT2D eigenvalue weighted by Gasteiger charge is -2.11. The van der Waals surface area contributed by atoms with Crippen LogP contribution in [0.3, 0.4) is 0 Å². The van der Waals surface area contributed by atoms with Gasteiger partial charge in [0.05, 0.1) is 5.69 Å². The SMILES string of the molecule is Cc1cc(C)n(CCCNC2CSC(C)C2)n1. The highest BCUT2D eigenvalue weighted by Gasteiger charge is 2.20. The Labute approximate surface area is 108 Å². The van der Waals surface area contributed by atoms with Crippen molar-refractivity contribution in [3.8, 4) is 0 Å². The predicted octanol–water partition coefficient (Wildman–Crippen LogP) is 2.37. The minimum Gasteiger partial charge on any atom is -0.313 e. The van der Waals surface area contributed by atoms with Crippen LogP contribution in [-0.4, -0.2) is 33.4 Å². The Kier molecular flexibility index (Phi) is 4.51. The number of rotatable bonds is 5. The number of hydrogen-bond acceptors (Lipinski definition) is 3. The first-order valence-corrected chi connectivity index (χ1v) is 7.56. The Bertz CT molecular complexity index is 362. The van der Waals surface area contributed by atoms with Crippen molar-refractivity contribution in [1.29, 1.82) is 0 Å². The van der Waals surface area contributed by atoms with Crippen molar-refractivity contribution >= 4 is 11.8 Å². The first-order valence-electron chi connectivity index (χ1n) is 6.51. The van der Waals surface area contributed by atoms with Crippen LogP contribution >= 0.6 is 11.8 Å². The minimum absolute atomic E-state index is 0.732. The second-order valence-corrected chi connectivity index (χ2v) is 6.51.